The largest absolute Gasteiger partial charge is 0.252 e. The Bertz CT molecular complexity index is 923. The van der Waals surface area contributed by atoms with Crippen molar-refractivity contribution in [3.8, 4) is 11.3 Å². The number of fused-ring (bicyclic) bond motifs is 1. The van der Waals surface area contributed by atoms with Gasteiger partial charge in [-0.1, -0.05) is 42.0 Å². The molecule has 4 rings (SSSR count). The van der Waals surface area contributed by atoms with E-state index in [1.54, 1.807) is 11.3 Å². The van der Waals surface area contributed by atoms with Crippen LogP contribution in [0.25, 0.3) is 11.3 Å². The second-order valence-corrected chi connectivity index (χ2v) is 7.41. The first-order valence-electron chi connectivity index (χ1n) is 8.64. The molecule has 25 heavy (non-hydrogen) atoms. The highest BCUT2D eigenvalue weighted by atomic mass is 32.1. The number of rotatable bonds is 4. The van der Waals surface area contributed by atoms with Gasteiger partial charge in [0.15, 0.2) is 0 Å². The number of benzene rings is 2. The standard InChI is InChI=1S/C21H21N3S/c1-14-6-8-17(9-7-14)20-13-25-21(22-20)24-23-15(2)18-11-10-16-4-3-5-19(16)12-18/h6-13H,3-5H2,1-2H3,(H,22,24)/b23-15+. The number of thiazole rings is 1. The third-order valence-corrected chi connectivity index (χ3v) is 5.43. The van der Waals surface area contributed by atoms with E-state index < -0.39 is 0 Å². The first kappa shape index (κ1) is 16.0. The molecule has 0 fully saturated rings. The van der Waals surface area contributed by atoms with Gasteiger partial charge in [0.25, 0.3) is 0 Å². The van der Waals surface area contributed by atoms with Gasteiger partial charge in [0.1, 0.15) is 0 Å². The molecule has 0 aliphatic heterocycles. The fraction of sp³-hybridized carbons (Fsp3) is 0.238. The van der Waals surface area contributed by atoms with E-state index in [1.807, 2.05) is 6.92 Å². The van der Waals surface area contributed by atoms with Gasteiger partial charge in [-0.25, -0.2) is 4.98 Å². The number of nitrogens with one attached hydrogen (secondary N) is 1. The summed E-state index contributed by atoms with van der Waals surface area (Å²) in [7, 11) is 0. The van der Waals surface area contributed by atoms with Crippen molar-refractivity contribution < 1.29 is 0 Å². The number of hydrogen-bond donors (Lipinski definition) is 1. The SMILES string of the molecule is C/C(=N\Nc1nc(-c2ccc(C)cc2)cs1)c1ccc2c(c1)CCC2. The number of aryl methyl sites for hydroxylation is 3. The number of anilines is 1. The van der Waals surface area contributed by atoms with Crippen LogP contribution in [-0.2, 0) is 12.8 Å². The topological polar surface area (TPSA) is 37.3 Å². The van der Waals surface area contributed by atoms with Gasteiger partial charge in [-0.3, -0.25) is 5.43 Å². The summed E-state index contributed by atoms with van der Waals surface area (Å²) in [5.41, 5.74) is 11.6. The summed E-state index contributed by atoms with van der Waals surface area (Å²) in [6.45, 7) is 4.13. The molecule has 1 heterocycles. The van der Waals surface area contributed by atoms with Crippen LogP contribution in [0.2, 0.25) is 0 Å². The maximum absolute atomic E-state index is 4.63. The summed E-state index contributed by atoms with van der Waals surface area (Å²) in [6.07, 6.45) is 3.68. The molecule has 1 aromatic heterocycles. The van der Waals surface area contributed by atoms with Crippen LogP contribution in [0.15, 0.2) is 52.9 Å². The Hall–Kier alpha value is -2.46. The Labute approximate surface area is 152 Å². The summed E-state index contributed by atoms with van der Waals surface area (Å²) < 4.78 is 0. The highest BCUT2D eigenvalue weighted by molar-refractivity contribution is 7.14. The zero-order valence-electron chi connectivity index (χ0n) is 14.5. The van der Waals surface area contributed by atoms with E-state index in [1.165, 1.54) is 41.5 Å². The lowest BCUT2D eigenvalue weighted by atomic mass is 10.0. The second-order valence-electron chi connectivity index (χ2n) is 6.55. The third kappa shape index (κ3) is 3.49. The van der Waals surface area contributed by atoms with Gasteiger partial charge in [-0.05, 0) is 55.9 Å². The molecule has 0 saturated heterocycles. The van der Waals surface area contributed by atoms with Crippen molar-refractivity contribution in [3.05, 3.63) is 70.1 Å². The van der Waals surface area contributed by atoms with Crippen LogP contribution in [0, 0.1) is 6.92 Å². The van der Waals surface area contributed by atoms with Crippen LogP contribution in [0.5, 0.6) is 0 Å². The molecule has 0 unspecified atom stereocenters. The number of hydrazone groups is 1. The summed E-state index contributed by atoms with van der Waals surface area (Å²) >= 11 is 1.58. The summed E-state index contributed by atoms with van der Waals surface area (Å²) in [4.78, 5) is 4.63. The Morgan fingerprint density at radius 2 is 1.88 bits per heavy atom. The van der Waals surface area contributed by atoms with Crippen molar-refractivity contribution in [1.29, 1.82) is 0 Å². The molecule has 126 valence electrons. The van der Waals surface area contributed by atoms with Crippen LogP contribution in [-0.4, -0.2) is 10.7 Å². The van der Waals surface area contributed by atoms with Gasteiger partial charge in [0, 0.05) is 10.9 Å². The minimum atomic E-state index is 0.816. The van der Waals surface area contributed by atoms with E-state index in [9.17, 15) is 0 Å². The molecule has 1 N–H and O–H groups in total. The van der Waals surface area contributed by atoms with Crippen LogP contribution < -0.4 is 5.43 Å². The number of aromatic nitrogens is 1. The fourth-order valence-corrected chi connectivity index (χ4v) is 3.84. The van der Waals surface area contributed by atoms with Gasteiger partial charge in [-0.2, -0.15) is 5.10 Å². The maximum atomic E-state index is 4.63. The molecule has 0 atom stereocenters. The van der Waals surface area contributed by atoms with Crippen molar-refractivity contribution >= 4 is 22.2 Å². The first-order valence-corrected chi connectivity index (χ1v) is 9.52. The van der Waals surface area contributed by atoms with E-state index in [2.05, 4.69) is 70.3 Å². The van der Waals surface area contributed by atoms with Gasteiger partial charge < -0.3 is 0 Å². The Balaban J connectivity index is 1.49. The zero-order chi connectivity index (χ0) is 17.2. The molecule has 3 nitrogen and oxygen atoms in total. The summed E-state index contributed by atoms with van der Waals surface area (Å²) in [5, 5.41) is 7.40. The van der Waals surface area contributed by atoms with Crippen molar-refractivity contribution in [2.75, 3.05) is 5.43 Å². The van der Waals surface area contributed by atoms with Gasteiger partial charge >= 0.3 is 0 Å². The zero-order valence-corrected chi connectivity index (χ0v) is 15.4. The Morgan fingerprint density at radius 3 is 2.72 bits per heavy atom. The minimum absolute atomic E-state index is 0.816. The van der Waals surface area contributed by atoms with Gasteiger partial charge in [0.05, 0.1) is 11.4 Å². The Morgan fingerprint density at radius 1 is 1.08 bits per heavy atom. The lowest BCUT2D eigenvalue weighted by molar-refractivity contribution is 0.912. The van der Waals surface area contributed by atoms with Gasteiger partial charge in [0.2, 0.25) is 5.13 Å². The van der Waals surface area contributed by atoms with Crippen molar-refractivity contribution in [2.24, 2.45) is 5.10 Å². The van der Waals surface area contributed by atoms with Crippen molar-refractivity contribution in [2.45, 2.75) is 33.1 Å². The average Bonchev–Trinajstić information content (AvgIpc) is 3.29. The third-order valence-electron chi connectivity index (χ3n) is 4.69. The predicted octanol–water partition coefficient (Wildman–Crippen LogP) is 5.44. The molecule has 1 aliphatic rings. The maximum Gasteiger partial charge on any atom is 0.203 e. The highest BCUT2D eigenvalue weighted by Gasteiger charge is 2.11. The van der Waals surface area contributed by atoms with E-state index in [0.717, 1.165) is 22.1 Å². The molecule has 1 aliphatic carbocycles. The lowest BCUT2D eigenvalue weighted by Gasteiger charge is -2.05. The first-order chi connectivity index (χ1) is 12.2. The molecule has 4 heteroatoms. The Kier molecular flexibility index (Phi) is 4.36. The lowest BCUT2D eigenvalue weighted by Crippen LogP contribution is -2.00. The summed E-state index contributed by atoms with van der Waals surface area (Å²) in [6, 6.07) is 15.1. The summed E-state index contributed by atoms with van der Waals surface area (Å²) in [5.74, 6) is 0. The molecular weight excluding hydrogens is 326 g/mol. The molecule has 0 spiro atoms. The van der Waals surface area contributed by atoms with E-state index in [4.69, 9.17) is 0 Å². The van der Waals surface area contributed by atoms with Gasteiger partial charge in [-0.15, -0.1) is 11.3 Å². The van der Waals surface area contributed by atoms with E-state index >= 15 is 0 Å². The number of nitrogens with zero attached hydrogens (tertiary/aromatic N) is 2. The average molecular weight is 347 g/mol. The highest BCUT2D eigenvalue weighted by Crippen LogP contribution is 2.26. The smallest absolute Gasteiger partial charge is 0.203 e. The monoisotopic (exact) mass is 347 g/mol. The minimum Gasteiger partial charge on any atom is -0.252 e. The molecule has 2 aromatic carbocycles. The van der Waals surface area contributed by atoms with Crippen LogP contribution in [0.3, 0.4) is 0 Å². The second kappa shape index (κ2) is 6.81. The molecule has 0 amide bonds. The molecule has 0 saturated carbocycles. The van der Waals surface area contributed by atoms with Crippen molar-refractivity contribution in [3.63, 3.8) is 0 Å². The quantitative estimate of drug-likeness (QED) is 0.504. The molecule has 0 radical (unpaired) electrons. The van der Waals surface area contributed by atoms with E-state index in [-0.39, 0.29) is 0 Å². The molecular formula is C21H21N3S. The van der Waals surface area contributed by atoms with E-state index in [0.29, 0.717) is 0 Å². The normalized spacial score (nSPS) is 13.8. The molecule has 0 bridgehead atoms. The van der Waals surface area contributed by atoms with Crippen LogP contribution in [0.1, 0.15) is 35.6 Å². The van der Waals surface area contributed by atoms with Crippen LogP contribution in [0.4, 0.5) is 5.13 Å². The van der Waals surface area contributed by atoms with Crippen molar-refractivity contribution in [1.82, 2.24) is 4.98 Å². The fourth-order valence-electron chi connectivity index (χ4n) is 3.18. The van der Waals surface area contributed by atoms with Crippen LogP contribution >= 0.6 is 11.3 Å². The number of hydrogen-bond acceptors (Lipinski definition) is 4. The predicted molar refractivity (Wildman–Crippen MR) is 107 cm³/mol. The molecule has 3 aromatic rings.